The van der Waals surface area contributed by atoms with Gasteiger partial charge in [-0.3, -0.25) is 19.7 Å². The first-order chi connectivity index (χ1) is 12.9. The van der Waals surface area contributed by atoms with Gasteiger partial charge in [0.05, 0.1) is 16.3 Å². The van der Waals surface area contributed by atoms with Crippen LogP contribution in [0.1, 0.15) is 18.9 Å². The fourth-order valence-electron chi connectivity index (χ4n) is 3.07. The number of benzene rings is 2. The standard InChI is InChI=1S/C19H19N3O5/c1-12-7-8-17(16(9-12)22(25)26)27-11-19(24)21-13(2)10-18(23)20-14-5-3-4-6-15(14)21/h3-9,13H,10-11H2,1-2H3,(H,20,23)/t13-/m1/s1. The van der Waals surface area contributed by atoms with Crippen molar-refractivity contribution in [2.45, 2.75) is 26.3 Å². The number of rotatable bonds is 4. The number of amides is 2. The lowest BCUT2D eigenvalue weighted by molar-refractivity contribution is -0.385. The summed E-state index contributed by atoms with van der Waals surface area (Å²) in [7, 11) is 0. The monoisotopic (exact) mass is 369 g/mol. The minimum absolute atomic E-state index is 0.0314. The number of fused-ring (bicyclic) bond motifs is 1. The highest BCUT2D eigenvalue weighted by molar-refractivity contribution is 6.04. The molecule has 2 aromatic carbocycles. The molecule has 3 rings (SSSR count). The van der Waals surface area contributed by atoms with Crippen LogP contribution in [-0.2, 0) is 9.59 Å². The van der Waals surface area contributed by atoms with E-state index in [0.717, 1.165) is 5.56 Å². The van der Waals surface area contributed by atoms with Gasteiger partial charge < -0.3 is 15.0 Å². The number of nitro benzene ring substituents is 1. The molecule has 0 fully saturated rings. The molecule has 8 heteroatoms. The van der Waals surface area contributed by atoms with Crippen LogP contribution in [0.25, 0.3) is 0 Å². The molecule has 1 atom stereocenters. The van der Waals surface area contributed by atoms with Crippen LogP contribution >= 0.6 is 0 Å². The maximum atomic E-state index is 12.8. The highest BCUT2D eigenvalue weighted by Gasteiger charge is 2.30. The Bertz CT molecular complexity index is 912. The van der Waals surface area contributed by atoms with Crippen LogP contribution in [0.15, 0.2) is 42.5 Å². The van der Waals surface area contributed by atoms with E-state index in [0.29, 0.717) is 11.4 Å². The highest BCUT2D eigenvalue weighted by atomic mass is 16.6. The lowest BCUT2D eigenvalue weighted by atomic mass is 10.1. The summed E-state index contributed by atoms with van der Waals surface area (Å²) in [5.41, 5.74) is 1.65. The lowest BCUT2D eigenvalue weighted by Crippen LogP contribution is -2.41. The zero-order valence-electron chi connectivity index (χ0n) is 15.0. The van der Waals surface area contributed by atoms with E-state index in [4.69, 9.17) is 4.74 Å². The molecule has 0 unspecified atom stereocenters. The fraction of sp³-hybridized carbons (Fsp3) is 0.263. The molecule has 0 aliphatic carbocycles. The third kappa shape index (κ3) is 3.89. The number of carbonyl (C=O) groups is 2. The van der Waals surface area contributed by atoms with Crippen molar-refractivity contribution in [1.82, 2.24) is 0 Å². The molecule has 0 bridgehead atoms. The van der Waals surface area contributed by atoms with Gasteiger partial charge in [0.1, 0.15) is 0 Å². The molecule has 140 valence electrons. The number of aryl methyl sites for hydroxylation is 1. The smallest absolute Gasteiger partial charge is 0.311 e. The SMILES string of the molecule is Cc1ccc(OCC(=O)N2c3ccccc3NC(=O)C[C@H]2C)c([N+](=O)[O-])c1. The number of ether oxygens (including phenoxy) is 1. The van der Waals surface area contributed by atoms with Crippen molar-refractivity contribution in [2.75, 3.05) is 16.8 Å². The van der Waals surface area contributed by atoms with Crippen LogP contribution in [0.3, 0.4) is 0 Å². The first-order valence-corrected chi connectivity index (χ1v) is 8.45. The fourth-order valence-corrected chi connectivity index (χ4v) is 3.07. The van der Waals surface area contributed by atoms with Gasteiger partial charge in [-0.25, -0.2) is 0 Å². The van der Waals surface area contributed by atoms with Crippen LogP contribution in [0.5, 0.6) is 5.75 Å². The first-order valence-electron chi connectivity index (χ1n) is 8.45. The summed E-state index contributed by atoms with van der Waals surface area (Å²) < 4.78 is 5.46. The van der Waals surface area contributed by atoms with Gasteiger partial charge in [0.2, 0.25) is 5.91 Å². The topological polar surface area (TPSA) is 102 Å². The Hall–Kier alpha value is -3.42. The van der Waals surface area contributed by atoms with Crippen molar-refractivity contribution in [3.8, 4) is 5.75 Å². The average Bonchev–Trinajstić information content (AvgIpc) is 2.74. The van der Waals surface area contributed by atoms with Crippen molar-refractivity contribution in [3.05, 3.63) is 58.1 Å². The van der Waals surface area contributed by atoms with Crippen molar-refractivity contribution in [3.63, 3.8) is 0 Å². The molecule has 27 heavy (non-hydrogen) atoms. The largest absolute Gasteiger partial charge is 0.477 e. The molecular weight excluding hydrogens is 350 g/mol. The molecule has 2 amide bonds. The summed E-state index contributed by atoms with van der Waals surface area (Å²) in [5, 5.41) is 14.0. The maximum Gasteiger partial charge on any atom is 0.311 e. The second-order valence-electron chi connectivity index (χ2n) is 6.40. The van der Waals surface area contributed by atoms with Crippen LogP contribution in [0, 0.1) is 17.0 Å². The van der Waals surface area contributed by atoms with Crippen molar-refractivity contribution in [1.29, 1.82) is 0 Å². The Morgan fingerprint density at radius 3 is 2.81 bits per heavy atom. The summed E-state index contributed by atoms with van der Waals surface area (Å²) in [4.78, 5) is 37.0. The van der Waals surface area contributed by atoms with E-state index >= 15 is 0 Å². The molecule has 0 spiro atoms. The van der Waals surface area contributed by atoms with Gasteiger partial charge >= 0.3 is 5.69 Å². The Labute approximate surface area is 155 Å². The minimum Gasteiger partial charge on any atom is -0.477 e. The van der Waals surface area contributed by atoms with Gasteiger partial charge in [-0.1, -0.05) is 18.2 Å². The van der Waals surface area contributed by atoms with E-state index in [9.17, 15) is 19.7 Å². The second-order valence-corrected chi connectivity index (χ2v) is 6.40. The van der Waals surface area contributed by atoms with Crippen LogP contribution in [-0.4, -0.2) is 29.4 Å². The lowest BCUT2D eigenvalue weighted by Gasteiger charge is -2.27. The molecule has 2 aromatic rings. The van der Waals surface area contributed by atoms with Gasteiger partial charge in [-0.15, -0.1) is 0 Å². The minimum atomic E-state index is -0.542. The number of nitrogens with zero attached hydrogens (tertiary/aromatic N) is 2. The number of hydrogen-bond acceptors (Lipinski definition) is 5. The van der Waals surface area contributed by atoms with E-state index in [1.165, 1.54) is 17.0 Å². The Morgan fingerprint density at radius 1 is 1.33 bits per heavy atom. The number of para-hydroxylation sites is 2. The summed E-state index contributed by atoms with van der Waals surface area (Å²) in [6.45, 7) is 3.13. The molecule has 1 aliphatic rings. The van der Waals surface area contributed by atoms with E-state index in [1.54, 1.807) is 44.2 Å². The molecule has 8 nitrogen and oxygen atoms in total. The number of anilines is 2. The molecule has 0 saturated heterocycles. The number of nitrogens with one attached hydrogen (secondary N) is 1. The Kier molecular flexibility index (Phi) is 5.07. The van der Waals surface area contributed by atoms with E-state index in [1.807, 2.05) is 0 Å². The first kappa shape index (κ1) is 18.4. The highest BCUT2D eigenvalue weighted by Crippen LogP contribution is 2.32. The molecule has 0 saturated carbocycles. The number of carbonyl (C=O) groups excluding carboxylic acids is 2. The molecule has 1 N–H and O–H groups in total. The number of nitro groups is 1. The van der Waals surface area contributed by atoms with Crippen LogP contribution in [0.2, 0.25) is 0 Å². The number of hydrogen-bond donors (Lipinski definition) is 1. The molecule has 1 heterocycles. The summed E-state index contributed by atoms with van der Waals surface area (Å²) >= 11 is 0. The Balaban J connectivity index is 1.84. The van der Waals surface area contributed by atoms with E-state index in [-0.39, 0.29) is 42.3 Å². The van der Waals surface area contributed by atoms with Gasteiger partial charge in [-0.2, -0.15) is 0 Å². The second kappa shape index (κ2) is 7.45. The summed E-state index contributed by atoms with van der Waals surface area (Å²) in [5.74, 6) is -0.537. The van der Waals surface area contributed by atoms with Crippen molar-refractivity contribution in [2.24, 2.45) is 0 Å². The zero-order chi connectivity index (χ0) is 19.6. The third-order valence-electron chi connectivity index (χ3n) is 4.29. The summed E-state index contributed by atoms with van der Waals surface area (Å²) in [6.07, 6.45) is 0.144. The predicted molar refractivity (Wildman–Crippen MR) is 100.0 cm³/mol. The van der Waals surface area contributed by atoms with Gasteiger partial charge in [0.25, 0.3) is 5.91 Å². The third-order valence-corrected chi connectivity index (χ3v) is 4.29. The van der Waals surface area contributed by atoms with Crippen molar-refractivity contribution >= 4 is 28.9 Å². The maximum absolute atomic E-state index is 12.8. The van der Waals surface area contributed by atoms with Crippen LogP contribution < -0.4 is 15.0 Å². The normalized spacial score (nSPS) is 16.1. The quantitative estimate of drug-likeness (QED) is 0.659. The molecule has 0 aromatic heterocycles. The predicted octanol–water partition coefficient (Wildman–Crippen LogP) is 3.05. The summed E-state index contributed by atoms with van der Waals surface area (Å²) in [6, 6.07) is 11.2. The molecule has 1 aliphatic heterocycles. The van der Waals surface area contributed by atoms with Gasteiger partial charge in [0.15, 0.2) is 12.4 Å². The molecular formula is C19H19N3O5. The zero-order valence-corrected chi connectivity index (χ0v) is 15.0. The average molecular weight is 369 g/mol. The van der Waals surface area contributed by atoms with E-state index in [2.05, 4.69) is 5.32 Å². The van der Waals surface area contributed by atoms with Gasteiger partial charge in [-0.05, 0) is 37.6 Å². The Morgan fingerprint density at radius 2 is 2.07 bits per heavy atom. The van der Waals surface area contributed by atoms with Crippen molar-refractivity contribution < 1.29 is 19.2 Å². The van der Waals surface area contributed by atoms with Crippen LogP contribution in [0.4, 0.5) is 17.1 Å². The van der Waals surface area contributed by atoms with E-state index < -0.39 is 4.92 Å². The molecule has 0 radical (unpaired) electrons. The van der Waals surface area contributed by atoms with Gasteiger partial charge in [0, 0.05) is 18.5 Å².